The Balaban J connectivity index is 1.67. The van der Waals surface area contributed by atoms with Gasteiger partial charge in [0.25, 0.3) is 5.92 Å². The molecule has 2 aliphatic heterocycles. The Labute approximate surface area is 133 Å². The molecule has 0 aromatic heterocycles. The van der Waals surface area contributed by atoms with E-state index in [1.807, 2.05) is 12.1 Å². The zero-order valence-corrected chi connectivity index (χ0v) is 12.8. The predicted octanol–water partition coefficient (Wildman–Crippen LogP) is 1.99. The first-order valence-corrected chi connectivity index (χ1v) is 7.97. The Morgan fingerprint density at radius 1 is 1.13 bits per heavy atom. The maximum Gasteiger partial charge on any atom is 0.267 e. The third kappa shape index (κ3) is 3.58. The number of carbonyl (C=O) groups excluding carboxylic acids is 2. The lowest BCUT2D eigenvalue weighted by Gasteiger charge is -2.32. The number of nitrogens with one attached hydrogen (secondary N) is 2. The Morgan fingerprint density at radius 3 is 2.52 bits per heavy atom. The van der Waals surface area contributed by atoms with Crippen LogP contribution in [0, 0.1) is 5.92 Å². The van der Waals surface area contributed by atoms with Crippen LogP contribution in [0.1, 0.15) is 36.3 Å². The first-order chi connectivity index (χ1) is 11.0. The second-order valence-electron chi connectivity index (χ2n) is 6.37. The van der Waals surface area contributed by atoms with Gasteiger partial charge in [0.1, 0.15) is 0 Å². The molecule has 0 spiro atoms. The van der Waals surface area contributed by atoms with Crippen molar-refractivity contribution in [3.8, 4) is 0 Å². The smallest absolute Gasteiger partial charge is 0.267 e. The molecule has 4 nitrogen and oxygen atoms in total. The van der Waals surface area contributed by atoms with E-state index >= 15 is 0 Å². The number of carbonyl (C=O) groups is 2. The number of rotatable bonds is 3. The molecule has 2 aliphatic rings. The first-order valence-electron chi connectivity index (χ1n) is 7.97. The van der Waals surface area contributed by atoms with Gasteiger partial charge in [-0.05, 0) is 36.9 Å². The maximum absolute atomic E-state index is 14.0. The molecule has 2 N–H and O–H groups in total. The van der Waals surface area contributed by atoms with Crippen LogP contribution in [-0.4, -0.2) is 30.8 Å². The average Bonchev–Trinajstić information content (AvgIpc) is 2.51. The largest absolute Gasteiger partial charge is 0.311 e. The fourth-order valence-electron chi connectivity index (χ4n) is 3.35. The fourth-order valence-corrected chi connectivity index (χ4v) is 3.35. The summed E-state index contributed by atoms with van der Waals surface area (Å²) in [5.41, 5.74) is 1.57. The van der Waals surface area contributed by atoms with Gasteiger partial charge in [0.15, 0.2) is 0 Å². The highest BCUT2D eigenvalue weighted by Gasteiger charge is 2.42. The maximum atomic E-state index is 14.0. The third-order valence-electron chi connectivity index (χ3n) is 4.70. The van der Waals surface area contributed by atoms with E-state index in [1.54, 1.807) is 12.1 Å². The highest BCUT2D eigenvalue weighted by Crippen LogP contribution is 2.37. The summed E-state index contributed by atoms with van der Waals surface area (Å²) in [4.78, 5) is 22.9. The molecular formula is C17H20F2N2O2. The summed E-state index contributed by atoms with van der Waals surface area (Å²) in [5, 5.41) is 5.07. The lowest BCUT2D eigenvalue weighted by molar-refractivity contribution is -0.136. The van der Waals surface area contributed by atoms with Gasteiger partial charge in [-0.25, -0.2) is 8.78 Å². The van der Waals surface area contributed by atoms with Crippen LogP contribution in [0.25, 0.3) is 0 Å². The van der Waals surface area contributed by atoms with Crippen molar-refractivity contribution in [2.75, 3.05) is 13.1 Å². The van der Waals surface area contributed by atoms with Gasteiger partial charge in [0, 0.05) is 12.3 Å². The van der Waals surface area contributed by atoms with E-state index in [0.29, 0.717) is 37.8 Å². The van der Waals surface area contributed by atoms with Crippen LogP contribution < -0.4 is 10.6 Å². The molecule has 2 atom stereocenters. The number of hydrogen-bond donors (Lipinski definition) is 2. The van der Waals surface area contributed by atoms with Gasteiger partial charge in [0.05, 0.1) is 12.5 Å². The molecule has 3 rings (SSSR count). The molecule has 0 aliphatic carbocycles. The highest BCUT2D eigenvalue weighted by molar-refractivity contribution is 5.98. The second-order valence-corrected chi connectivity index (χ2v) is 6.37. The number of alkyl halides is 2. The number of benzene rings is 1. The van der Waals surface area contributed by atoms with Crippen molar-refractivity contribution >= 4 is 11.8 Å². The number of hydrogen-bond acceptors (Lipinski definition) is 3. The SMILES string of the molecule is O=C1CCC(Cc2ccc(C3CCNCC3(F)F)cc2)C(=O)N1. The standard InChI is InChI=1S/C17H20F2N2O2/c18-17(19)10-20-8-7-14(17)12-3-1-11(2-4-12)9-13-5-6-15(22)21-16(13)23/h1-4,13-14,20H,5-10H2,(H,21,22,23). The molecule has 124 valence electrons. The van der Waals surface area contributed by atoms with Crippen LogP contribution in [0.15, 0.2) is 24.3 Å². The minimum Gasteiger partial charge on any atom is -0.311 e. The van der Waals surface area contributed by atoms with Crippen molar-refractivity contribution in [2.24, 2.45) is 5.92 Å². The van der Waals surface area contributed by atoms with Crippen molar-refractivity contribution in [3.63, 3.8) is 0 Å². The number of halogens is 2. The van der Waals surface area contributed by atoms with E-state index in [4.69, 9.17) is 0 Å². The minimum atomic E-state index is -2.73. The Kier molecular flexibility index (Phi) is 4.43. The van der Waals surface area contributed by atoms with E-state index in [2.05, 4.69) is 10.6 Å². The molecule has 2 unspecified atom stereocenters. The normalized spacial score (nSPS) is 27.6. The lowest BCUT2D eigenvalue weighted by Crippen LogP contribution is -2.44. The molecule has 0 radical (unpaired) electrons. The Morgan fingerprint density at radius 2 is 1.87 bits per heavy atom. The Hall–Kier alpha value is -1.82. The molecule has 6 heteroatoms. The molecule has 0 saturated carbocycles. The van der Waals surface area contributed by atoms with Crippen molar-refractivity contribution in [1.29, 1.82) is 0 Å². The molecule has 23 heavy (non-hydrogen) atoms. The molecule has 2 fully saturated rings. The summed E-state index contributed by atoms with van der Waals surface area (Å²) < 4.78 is 27.9. The second kappa shape index (κ2) is 6.35. The van der Waals surface area contributed by atoms with Crippen LogP contribution in [0.2, 0.25) is 0 Å². The molecule has 2 amide bonds. The molecule has 2 heterocycles. The summed E-state index contributed by atoms with van der Waals surface area (Å²) >= 11 is 0. The van der Waals surface area contributed by atoms with Crippen molar-refractivity contribution in [2.45, 2.75) is 37.5 Å². The van der Waals surface area contributed by atoms with Crippen molar-refractivity contribution < 1.29 is 18.4 Å². The molecule has 2 saturated heterocycles. The summed E-state index contributed by atoms with van der Waals surface area (Å²) in [6, 6.07) is 7.12. The van der Waals surface area contributed by atoms with E-state index in [0.717, 1.165) is 5.56 Å². The molecule has 1 aromatic rings. The molecule has 0 bridgehead atoms. The van der Waals surface area contributed by atoms with E-state index in [-0.39, 0.29) is 24.3 Å². The minimum absolute atomic E-state index is 0.223. The third-order valence-corrected chi connectivity index (χ3v) is 4.70. The van der Waals surface area contributed by atoms with Gasteiger partial charge in [-0.15, -0.1) is 0 Å². The van der Waals surface area contributed by atoms with Crippen LogP contribution in [0.4, 0.5) is 8.78 Å². The van der Waals surface area contributed by atoms with Crippen LogP contribution in [0.5, 0.6) is 0 Å². The summed E-state index contributed by atoms with van der Waals surface area (Å²) in [7, 11) is 0. The van der Waals surface area contributed by atoms with Crippen LogP contribution in [-0.2, 0) is 16.0 Å². The lowest BCUT2D eigenvalue weighted by atomic mass is 9.85. The fraction of sp³-hybridized carbons (Fsp3) is 0.529. The summed E-state index contributed by atoms with van der Waals surface area (Å²) in [5.74, 6) is -4.18. The quantitative estimate of drug-likeness (QED) is 0.837. The van der Waals surface area contributed by atoms with Crippen molar-refractivity contribution in [3.05, 3.63) is 35.4 Å². The predicted molar refractivity (Wildman–Crippen MR) is 81.2 cm³/mol. The van der Waals surface area contributed by atoms with Gasteiger partial charge in [-0.2, -0.15) is 0 Å². The van der Waals surface area contributed by atoms with Gasteiger partial charge in [0.2, 0.25) is 11.8 Å². The van der Waals surface area contributed by atoms with Gasteiger partial charge in [-0.1, -0.05) is 24.3 Å². The summed E-state index contributed by atoms with van der Waals surface area (Å²) in [6.07, 6.45) is 1.84. The van der Waals surface area contributed by atoms with E-state index < -0.39 is 11.8 Å². The average molecular weight is 322 g/mol. The topological polar surface area (TPSA) is 58.2 Å². The number of piperidine rings is 2. The molecular weight excluding hydrogens is 302 g/mol. The zero-order chi connectivity index (χ0) is 16.4. The van der Waals surface area contributed by atoms with Gasteiger partial charge < -0.3 is 5.32 Å². The van der Waals surface area contributed by atoms with E-state index in [9.17, 15) is 18.4 Å². The highest BCUT2D eigenvalue weighted by atomic mass is 19.3. The number of amides is 2. The molecule has 1 aromatic carbocycles. The van der Waals surface area contributed by atoms with Crippen molar-refractivity contribution in [1.82, 2.24) is 10.6 Å². The monoisotopic (exact) mass is 322 g/mol. The van der Waals surface area contributed by atoms with Crippen LogP contribution >= 0.6 is 0 Å². The van der Waals surface area contributed by atoms with E-state index in [1.165, 1.54) is 0 Å². The first kappa shape index (κ1) is 16.1. The van der Waals surface area contributed by atoms with Gasteiger partial charge >= 0.3 is 0 Å². The number of imide groups is 1. The summed E-state index contributed by atoms with van der Waals surface area (Å²) in [6.45, 7) is 0.313. The zero-order valence-electron chi connectivity index (χ0n) is 12.8. The van der Waals surface area contributed by atoms with Crippen LogP contribution in [0.3, 0.4) is 0 Å². The van der Waals surface area contributed by atoms with Gasteiger partial charge in [-0.3, -0.25) is 14.9 Å². The Bertz CT molecular complexity index is 601.